The third-order valence-corrected chi connectivity index (χ3v) is 5.62. The fraction of sp³-hybridized carbons (Fsp3) is 0.481. The molecular weight excluding hydrogens is 428 g/mol. The Morgan fingerprint density at radius 3 is 2.24 bits per heavy atom. The van der Waals surface area contributed by atoms with Crippen molar-refractivity contribution in [1.29, 1.82) is 0 Å². The monoisotopic (exact) mass is 466 g/mol. The van der Waals surface area contributed by atoms with Crippen molar-refractivity contribution in [3.8, 4) is 0 Å². The summed E-state index contributed by atoms with van der Waals surface area (Å²) in [6.45, 7) is 12.6. The summed E-state index contributed by atoms with van der Waals surface area (Å²) in [5.41, 5.74) is 2.79. The first kappa shape index (κ1) is 25.9. The van der Waals surface area contributed by atoms with E-state index >= 15 is 0 Å². The number of amides is 2. The van der Waals surface area contributed by atoms with Crippen LogP contribution in [0.4, 0.5) is 11.4 Å². The van der Waals surface area contributed by atoms with E-state index < -0.39 is 0 Å². The first-order valence-electron chi connectivity index (χ1n) is 12.1. The minimum Gasteiger partial charge on any atom is -0.379 e. The van der Waals surface area contributed by atoms with E-state index in [1.54, 1.807) is 12.1 Å². The second kappa shape index (κ2) is 12.6. The van der Waals surface area contributed by atoms with E-state index in [1.807, 2.05) is 57.2 Å². The first-order chi connectivity index (χ1) is 16.3. The molecule has 1 aliphatic rings. The number of nitrogens with zero attached hydrogens (tertiary/aromatic N) is 1. The largest absolute Gasteiger partial charge is 0.379 e. The van der Waals surface area contributed by atoms with E-state index in [-0.39, 0.29) is 17.2 Å². The number of hydrogen-bond acceptors (Lipinski definition) is 5. The van der Waals surface area contributed by atoms with Gasteiger partial charge in [-0.05, 0) is 54.8 Å². The van der Waals surface area contributed by atoms with Crippen LogP contribution in [0.2, 0.25) is 0 Å². The summed E-state index contributed by atoms with van der Waals surface area (Å²) >= 11 is 0. The van der Waals surface area contributed by atoms with Gasteiger partial charge in [-0.3, -0.25) is 14.5 Å². The van der Waals surface area contributed by atoms with Gasteiger partial charge in [0, 0.05) is 31.6 Å². The summed E-state index contributed by atoms with van der Waals surface area (Å²) in [5, 5.41) is 9.31. The third kappa shape index (κ3) is 8.89. The molecule has 184 valence electrons. The highest BCUT2D eigenvalue weighted by molar-refractivity contribution is 6.07. The molecule has 0 atom stereocenters. The van der Waals surface area contributed by atoms with Gasteiger partial charge >= 0.3 is 0 Å². The fourth-order valence-corrected chi connectivity index (χ4v) is 3.83. The maximum absolute atomic E-state index is 12.8. The van der Waals surface area contributed by atoms with Crippen LogP contribution in [0.5, 0.6) is 0 Å². The Kier molecular flexibility index (Phi) is 9.62. The molecule has 0 spiro atoms. The number of anilines is 2. The molecule has 1 fully saturated rings. The number of rotatable bonds is 10. The molecule has 1 aliphatic heterocycles. The Morgan fingerprint density at radius 1 is 0.941 bits per heavy atom. The van der Waals surface area contributed by atoms with Crippen LogP contribution in [0.1, 0.15) is 49.5 Å². The van der Waals surface area contributed by atoms with E-state index in [9.17, 15) is 9.59 Å². The number of carbonyl (C=O) groups is 2. The van der Waals surface area contributed by atoms with Crippen molar-refractivity contribution >= 4 is 23.2 Å². The highest BCUT2D eigenvalue weighted by Gasteiger charge is 2.17. The average Bonchev–Trinajstić information content (AvgIpc) is 2.80. The molecular formula is C27H38N4O3. The lowest BCUT2D eigenvalue weighted by molar-refractivity contribution is -0.117. The second-order valence-electron chi connectivity index (χ2n) is 9.97. The third-order valence-electron chi connectivity index (χ3n) is 5.62. The zero-order valence-electron chi connectivity index (χ0n) is 20.7. The average molecular weight is 467 g/mol. The molecule has 1 heterocycles. The predicted molar refractivity (Wildman–Crippen MR) is 137 cm³/mol. The van der Waals surface area contributed by atoms with Crippen molar-refractivity contribution in [1.82, 2.24) is 10.2 Å². The van der Waals surface area contributed by atoms with Gasteiger partial charge in [-0.1, -0.05) is 45.0 Å². The van der Waals surface area contributed by atoms with Gasteiger partial charge in [0.2, 0.25) is 5.91 Å². The van der Waals surface area contributed by atoms with Crippen LogP contribution in [0, 0.1) is 5.41 Å². The highest BCUT2D eigenvalue weighted by Crippen LogP contribution is 2.24. The van der Waals surface area contributed by atoms with Gasteiger partial charge in [-0.2, -0.15) is 0 Å². The molecule has 7 nitrogen and oxygen atoms in total. The number of carbonyl (C=O) groups excluding carboxylic acids is 2. The van der Waals surface area contributed by atoms with Crippen LogP contribution in [0.25, 0.3) is 0 Å². The Bertz CT molecular complexity index is 932. The topological polar surface area (TPSA) is 82.7 Å². The molecule has 0 aliphatic carbocycles. The number of nitrogens with one attached hydrogen (secondary N) is 3. The maximum Gasteiger partial charge on any atom is 0.255 e. The van der Waals surface area contributed by atoms with Crippen LogP contribution in [0.15, 0.2) is 48.5 Å². The van der Waals surface area contributed by atoms with Gasteiger partial charge in [-0.25, -0.2) is 0 Å². The predicted octanol–water partition coefficient (Wildman–Crippen LogP) is 4.13. The summed E-state index contributed by atoms with van der Waals surface area (Å²) in [5.74, 6) is -0.279. The van der Waals surface area contributed by atoms with Crippen LogP contribution in [-0.4, -0.2) is 56.1 Å². The number of hydrogen-bond donors (Lipinski definition) is 3. The number of benzene rings is 2. The Labute approximate surface area is 203 Å². The van der Waals surface area contributed by atoms with Gasteiger partial charge in [0.05, 0.1) is 24.6 Å². The van der Waals surface area contributed by atoms with Crippen LogP contribution in [-0.2, 0) is 16.1 Å². The van der Waals surface area contributed by atoms with Crippen molar-refractivity contribution in [2.75, 3.05) is 50.0 Å². The van der Waals surface area contributed by atoms with Gasteiger partial charge in [0.25, 0.3) is 5.91 Å². The molecule has 1 saturated heterocycles. The Hall–Kier alpha value is -2.74. The summed E-state index contributed by atoms with van der Waals surface area (Å²) < 4.78 is 5.38. The normalized spacial score (nSPS) is 14.6. The molecule has 0 saturated carbocycles. The van der Waals surface area contributed by atoms with E-state index in [0.717, 1.165) is 57.9 Å². The molecule has 0 unspecified atom stereocenters. The molecule has 2 aromatic rings. The van der Waals surface area contributed by atoms with E-state index in [2.05, 4.69) is 20.9 Å². The molecule has 3 rings (SSSR count). The van der Waals surface area contributed by atoms with Crippen LogP contribution in [0.3, 0.4) is 0 Å². The van der Waals surface area contributed by atoms with Gasteiger partial charge in [0.1, 0.15) is 0 Å². The Morgan fingerprint density at radius 2 is 1.59 bits per heavy atom. The highest BCUT2D eigenvalue weighted by atomic mass is 16.5. The van der Waals surface area contributed by atoms with Crippen molar-refractivity contribution in [3.05, 3.63) is 59.7 Å². The molecule has 3 N–H and O–H groups in total. The molecule has 7 heteroatoms. The zero-order valence-corrected chi connectivity index (χ0v) is 20.7. The van der Waals surface area contributed by atoms with Crippen molar-refractivity contribution in [2.45, 2.75) is 40.2 Å². The zero-order chi connectivity index (χ0) is 24.4. The summed E-state index contributed by atoms with van der Waals surface area (Å²) in [6.07, 6.45) is 1.50. The molecule has 2 aromatic carbocycles. The van der Waals surface area contributed by atoms with Crippen molar-refractivity contribution < 1.29 is 14.3 Å². The van der Waals surface area contributed by atoms with Crippen molar-refractivity contribution in [2.24, 2.45) is 5.41 Å². The molecule has 0 aromatic heterocycles. The van der Waals surface area contributed by atoms with Crippen molar-refractivity contribution in [3.63, 3.8) is 0 Å². The lowest BCUT2D eigenvalue weighted by atomic mass is 9.92. The van der Waals surface area contributed by atoms with E-state index in [4.69, 9.17) is 4.74 Å². The smallest absolute Gasteiger partial charge is 0.255 e. The number of morpholine rings is 1. The summed E-state index contributed by atoms with van der Waals surface area (Å²) in [7, 11) is 0. The summed E-state index contributed by atoms with van der Waals surface area (Å²) in [6, 6.07) is 14.9. The van der Waals surface area contributed by atoms with Gasteiger partial charge in [-0.15, -0.1) is 0 Å². The minimum absolute atomic E-state index is 0.0732. The lowest BCUT2D eigenvalue weighted by Gasteiger charge is -2.26. The van der Waals surface area contributed by atoms with Crippen LogP contribution >= 0.6 is 0 Å². The fourth-order valence-electron chi connectivity index (χ4n) is 3.83. The maximum atomic E-state index is 12.8. The van der Waals surface area contributed by atoms with E-state index in [1.165, 1.54) is 0 Å². The second-order valence-corrected chi connectivity index (χ2v) is 9.97. The standard InChI is InChI=1S/C27H38N4O3/c1-27(2,3)19-25(32)29-23-7-4-5-8-24(23)30-26(33)22-11-9-21(10-12-22)20-28-13-6-14-31-15-17-34-18-16-31/h4-5,7-12,28H,6,13-20H2,1-3H3,(H,29,32)(H,30,33). The minimum atomic E-state index is -0.206. The molecule has 0 bridgehead atoms. The molecule has 2 amide bonds. The molecule has 34 heavy (non-hydrogen) atoms. The van der Waals surface area contributed by atoms with E-state index in [0.29, 0.717) is 23.4 Å². The molecule has 0 radical (unpaired) electrons. The Balaban J connectivity index is 1.46. The first-order valence-corrected chi connectivity index (χ1v) is 12.1. The summed E-state index contributed by atoms with van der Waals surface area (Å²) in [4.78, 5) is 27.6. The number of para-hydroxylation sites is 2. The van der Waals surface area contributed by atoms with Crippen LogP contribution < -0.4 is 16.0 Å². The SMILES string of the molecule is CC(C)(C)CC(=O)Nc1ccccc1NC(=O)c1ccc(CNCCCN2CCOCC2)cc1. The quantitative estimate of drug-likeness (QED) is 0.459. The lowest BCUT2D eigenvalue weighted by Crippen LogP contribution is -2.37. The van der Waals surface area contributed by atoms with Gasteiger partial charge < -0.3 is 20.7 Å². The van der Waals surface area contributed by atoms with Gasteiger partial charge in [0.15, 0.2) is 0 Å². The number of ether oxygens (including phenoxy) is 1.